The van der Waals surface area contributed by atoms with Crippen molar-refractivity contribution < 1.29 is 14.3 Å². The fourth-order valence-electron chi connectivity index (χ4n) is 3.69. The van der Waals surface area contributed by atoms with E-state index in [2.05, 4.69) is 15.8 Å². The van der Waals surface area contributed by atoms with E-state index in [-0.39, 0.29) is 17.9 Å². The van der Waals surface area contributed by atoms with Crippen LogP contribution in [-0.4, -0.2) is 37.9 Å². The fraction of sp³-hybridized carbons (Fsp3) is 0.364. The van der Waals surface area contributed by atoms with E-state index < -0.39 is 0 Å². The Labute approximate surface area is 185 Å². The minimum atomic E-state index is -0.119. The van der Waals surface area contributed by atoms with E-state index in [9.17, 15) is 4.79 Å². The van der Waals surface area contributed by atoms with E-state index in [4.69, 9.17) is 32.7 Å². The van der Waals surface area contributed by atoms with Crippen LogP contribution in [0.15, 0.2) is 47.6 Å². The Morgan fingerprint density at radius 3 is 2.87 bits per heavy atom. The first-order chi connectivity index (χ1) is 14.6. The molecule has 8 heteroatoms. The quantitative estimate of drug-likeness (QED) is 0.707. The number of nitrogens with one attached hydrogen (secondary N) is 2. The predicted octanol–water partition coefficient (Wildman–Crippen LogP) is 3.71. The Balaban J connectivity index is 1.40. The van der Waals surface area contributed by atoms with Crippen LogP contribution in [0.1, 0.15) is 29.2 Å². The molecule has 0 radical (unpaired) electrons. The smallest absolute Gasteiger partial charge is 0.246 e. The predicted molar refractivity (Wildman–Crippen MR) is 117 cm³/mol. The molecule has 0 saturated carbocycles. The van der Waals surface area contributed by atoms with Crippen molar-refractivity contribution >= 4 is 34.8 Å². The number of carbonyl (C=O) groups is 1. The number of ether oxygens (including phenoxy) is 2. The van der Waals surface area contributed by atoms with Gasteiger partial charge in [-0.2, -0.15) is 5.10 Å². The molecule has 2 aromatic carbocycles. The number of hydrogen-bond donors (Lipinski definition) is 2. The maximum absolute atomic E-state index is 11.4. The van der Waals surface area contributed by atoms with E-state index >= 15 is 0 Å². The summed E-state index contributed by atoms with van der Waals surface area (Å²) in [7, 11) is 0. The van der Waals surface area contributed by atoms with Crippen molar-refractivity contribution in [3.05, 3.63) is 69.2 Å². The number of halogens is 2. The molecule has 1 saturated heterocycles. The summed E-state index contributed by atoms with van der Waals surface area (Å²) >= 11 is 12.3. The largest absolute Gasteiger partial charge is 0.376 e. The number of hydrazone groups is 1. The van der Waals surface area contributed by atoms with Crippen molar-refractivity contribution in [3.63, 3.8) is 0 Å². The van der Waals surface area contributed by atoms with Crippen LogP contribution < -0.4 is 10.7 Å². The highest BCUT2D eigenvalue weighted by atomic mass is 35.5. The van der Waals surface area contributed by atoms with Gasteiger partial charge in [0.05, 0.1) is 48.1 Å². The first kappa shape index (κ1) is 21.3. The standard InChI is InChI=1S/C22H23Cl2N3O3/c23-18-5-4-16(9-19(18)24)22-17(11-25-6-7-30-22)13-29-12-14-2-1-3-15(8-14)20-10-21(28)27-26-20/h1-5,8-9,17,22,25H,6-7,10-13H2,(H,27,28)/t17-,22-/m0/s1. The summed E-state index contributed by atoms with van der Waals surface area (Å²) in [5.74, 6) is 0.0508. The summed E-state index contributed by atoms with van der Waals surface area (Å²) in [5.41, 5.74) is 6.20. The third-order valence-electron chi connectivity index (χ3n) is 5.19. The number of amides is 1. The molecule has 30 heavy (non-hydrogen) atoms. The van der Waals surface area contributed by atoms with Crippen molar-refractivity contribution in [3.8, 4) is 0 Å². The second-order valence-electron chi connectivity index (χ2n) is 7.41. The summed E-state index contributed by atoms with van der Waals surface area (Å²) in [6.07, 6.45) is 0.187. The third-order valence-corrected chi connectivity index (χ3v) is 5.93. The summed E-state index contributed by atoms with van der Waals surface area (Å²) in [4.78, 5) is 11.4. The van der Waals surface area contributed by atoms with Crippen LogP contribution in [0, 0.1) is 5.92 Å². The summed E-state index contributed by atoms with van der Waals surface area (Å²) < 4.78 is 12.2. The van der Waals surface area contributed by atoms with Crippen LogP contribution in [0.2, 0.25) is 10.0 Å². The van der Waals surface area contributed by atoms with Crippen LogP contribution in [0.4, 0.5) is 0 Å². The van der Waals surface area contributed by atoms with Crippen LogP contribution in [0.25, 0.3) is 0 Å². The minimum absolute atomic E-state index is 0.0825. The van der Waals surface area contributed by atoms with Crippen molar-refractivity contribution in [2.24, 2.45) is 11.0 Å². The molecule has 0 bridgehead atoms. The van der Waals surface area contributed by atoms with E-state index in [0.717, 1.165) is 35.5 Å². The van der Waals surface area contributed by atoms with Gasteiger partial charge in [-0.3, -0.25) is 4.79 Å². The van der Waals surface area contributed by atoms with Gasteiger partial charge in [0.2, 0.25) is 5.91 Å². The second kappa shape index (κ2) is 9.90. The monoisotopic (exact) mass is 447 g/mol. The van der Waals surface area contributed by atoms with Gasteiger partial charge in [0.25, 0.3) is 0 Å². The maximum atomic E-state index is 11.4. The number of benzene rings is 2. The van der Waals surface area contributed by atoms with E-state index in [1.807, 2.05) is 36.4 Å². The molecule has 4 rings (SSSR count). The van der Waals surface area contributed by atoms with Crippen LogP contribution in [0.3, 0.4) is 0 Å². The van der Waals surface area contributed by atoms with Gasteiger partial charge in [0.15, 0.2) is 0 Å². The molecule has 2 aliphatic heterocycles. The molecular formula is C22H23Cl2N3O3. The van der Waals surface area contributed by atoms with Crippen LogP contribution in [-0.2, 0) is 20.9 Å². The normalized spacial score (nSPS) is 21.8. The number of hydrogen-bond acceptors (Lipinski definition) is 5. The highest BCUT2D eigenvalue weighted by Crippen LogP contribution is 2.32. The molecule has 0 aliphatic carbocycles. The number of rotatable bonds is 6. The van der Waals surface area contributed by atoms with Crippen molar-refractivity contribution in [2.75, 3.05) is 26.3 Å². The second-order valence-corrected chi connectivity index (χ2v) is 8.23. The van der Waals surface area contributed by atoms with Gasteiger partial charge < -0.3 is 14.8 Å². The van der Waals surface area contributed by atoms with E-state index in [0.29, 0.717) is 36.3 Å². The Hall–Kier alpha value is -1.96. The molecule has 2 N–H and O–H groups in total. The fourth-order valence-corrected chi connectivity index (χ4v) is 4.00. The molecule has 2 aromatic rings. The maximum Gasteiger partial charge on any atom is 0.246 e. The molecule has 1 fully saturated rings. The van der Waals surface area contributed by atoms with E-state index in [1.165, 1.54) is 0 Å². The molecule has 0 unspecified atom stereocenters. The molecule has 0 aromatic heterocycles. The van der Waals surface area contributed by atoms with Crippen LogP contribution in [0.5, 0.6) is 0 Å². The zero-order valence-electron chi connectivity index (χ0n) is 16.4. The summed E-state index contributed by atoms with van der Waals surface area (Å²) in [6.45, 7) is 3.20. The lowest BCUT2D eigenvalue weighted by molar-refractivity contribution is -0.119. The van der Waals surface area contributed by atoms with Gasteiger partial charge in [-0.25, -0.2) is 5.43 Å². The molecule has 2 heterocycles. The lowest BCUT2D eigenvalue weighted by Gasteiger charge is -2.25. The highest BCUT2D eigenvalue weighted by Gasteiger charge is 2.27. The Morgan fingerprint density at radius 1 is 1.17 bits per heavy atom. The van der Waals surface area contributed by atoms with Crippen molar-refractivity contribution in [1.29, 1.82) is 0 Å². The molecule has 2 atom stereocenters. The topological polar surface area (TPSA) is 72.0 Å². The molecule has 6 nitrogen and oxygen atoms in total. The molecular weight excluding hydrogens is 425 g/mol. The number of carbonyl (C=O) groups excluding carboxylic acids is 1. The first-order valence-corrected chi connectivity index (χ1v) is 10.7. The van der Waals surface area contributed by atoms with Gasteiger partial charge in [-0.1, -0.05) is 47.5 Å². The SMILES string of the molecule is O=C1CC(c2cccc(COC[C@@H]3CNCCO[C@H]3c3ccc(Cl)c(Cl)c3)c2)=NN1. The summed E-state index contributed by atoms with van der Waals surface area (Å²) in [5, 5.41) is 8.54. The molecule has 158 valence electrons. The Bertz CT molecular complexity index is 951. The highest BCUT2D eigenvalue weighted by molar-refractivity contribution is 6.42. The van der Waals surface area contributed by atoms with E-state index in [1.54, 1.807) is 6.07 Å². The van der Waals surface area contributed by atoms with Gasteiger partial charge >= 0.3 is 0 Å². The lowest BCUT2D eigenvalue weighted by atomic mass is 9.96. The minimum Gasteiger partial charge on any atom is -0.376 e. The van der Waals surface area contributed by atoms with Crippen molar-refractivity contribution in [1.82, 2.24) is 10.7 Å². The Kier molecular flexibility index (Phi) is 7.02. The first-order valence-electron chi connectivity index (χ1n) is 9.90. The molecule has 2 aliphatic rings. The van der Waals surface area contributed by atoms with Crippen molar-refractivity contribution in [2.45, 2.75) is 19.1 Å². The van der Waals surface area contributed by atoms with Gasteiger partial charge in [-0.15, -0.1) is 0 Å². The zero-order chi connectivity index (χ0) is 20.9. The Morgan fingerprint density at radius 2 is 2.07 bits per heavy atom. The summed E-state index contributed by atoms with van der Waals surface area (Å²) in [6, 6.07) is 13.5. The molecule has 1 amide bonds. The van der Waals surface area contributed by atoms with Crippen LogP contribution >= 0.6 is 23.2 Å². The average Bonchev–Trinajstić information content (AvgIpc) is 3.05. The zero-order valence-corrected chi connectivity index (χ0v) is 17.9. The third kappa shape index (κ3) is 5.20. The van der Waals surface area contributed by atoms with Gasteiger partial charge in [0, 0.05) is 19.0 Å². The van der Waals surface area contributed by atoms with Gasteiger partial charge in [-0.05, 0) is 34.9 Å². The molecule has 0 spiro atoms. The average molecular weight is 448 g/mol. The lowest BCUT2D eigenvalue weighted by Crippen LogP contribution is -2.28. The number of nitrogens with zero attached hydrogens (tertiary/aromatic N) is 1. The van der Waals surface area contributed by atoms with Gasteiger partial charge in [0.1, 0.15) is 0 Å².